The molecule has 0 heterocycles. The summed E-state index contributed by atoms with van der Waals surface area (Å²) < 4.78 is -1.47. The van der Waals surface area contributed by atoms with Crippen LogP contribution in [0.1, 0.15) is 27.7 Å². The second-order valence-corrected chi connectivity index (χ2v) is 9.24. The Balaban J connectivity index is 2.49. The fourth-order valence-electron chi connectivity index (χ4n) is 4.53. The Morgan fingerprint density at radius 1 is 0.684 bits per heavy atom. The highest BCUT2D eigenvalue weighted by Gasteiger charge is 2.93. The predicted octanol–water partition coefficient (Wildman–Crippen LogP) is 6.19. The molecule has 0 saturated heterocycles. The van der Waals surface area contributed by atoms with Crippen molar-refractivity contribution in [1.29, 1.82) is 0 Å². The van der Waals surface area contributed by atoms with E-state index in [0.29, 0.717) is 0 Å². The van der Waals surface area contributed by atoms with Gasteiger partial charge >= 0.3 is 0 Å². The average Bonchev–Trinajstić information content (AvgIpc) is 2.51. The van der Waals surface area contributed by atoms with Crippen molar-refractivity contribution >= 4 is 69.6 Å². The first-order valence-corrected chi connectivity index (χ1v) is 8.15. The third-order valence-corrected chi connectivity index (χ3v) is 10.6. The highest BCUT2D eigenvalue weighted by Crippen LogP contribution is 2.90. The van der Waals surface area contributed by atoms with Gasteiger partial charge < -0.3 is 0 Å². The Bertz CT molecular complexity index is 542. The summed E-state index contributed by atoms with van der Waals surface area (Å²) in [5, 5.41) is 0.533. The van der Waals surface area contributed by atoms with Crippen LogP contribution >= 0.6 is 69.6 Å². The summed E-state index contributed by atoms with van der Waals surface area (Å²) in [5.74, 6) is 0. The van der Waals surface area contributed by atoms with Crippen LogP contribution in [0.2, 0.25) is 0 Å². The van der Waals surface area contributed by atoms with Gasteiger partial charge in [-0.2, -0.15) is 0 Å². The Kier molecular flexibility index (Phi) is 2.72. The molecule has 0 radical (unpaired) electrons. The Morgan fingerprint density at radius 2 is 0.947 bits per heavy atom. The van der Waals surface area contributed by atoms with Gasteiger partial charge in [0.15, 0.2) is 4.33 Å². The van der Waals surface area contributed by atoms with E-state index in [2.05, 4.69) is 0 Å². The van der Waals surface area contributed by atoms with Gasteiger partial charge in [0, 0.05) is 10.8 Å². The smallest absolute Gasteiger partial charge is 0.109 e. The van der Waals surface area contributed by atoms with Crippen molar-refractivity contribution < 1.29 is 0 Å². The molecule has 3 rings (SSSR count). The summed E-state index contributed by atoms with van der Waals surface area (Å²) in [4.78, 5) is -2.41. The molecule has 4 atom stereocenters. The molecule has 0 aromatic carbocycles. The molecule has 19 heavy (non-hydrogen) atoms. The molecule has 0 aromatic rings. The molecule has 6 heteroatoms. The summed E-state index contributed by atoms with van der Waals surface area (Å²) in [6, 6.07) is 0. The van der Waals surface area contributed by atoms with E-state index in [0.717, 1.165) is 11.1 Å². The zero-order chi connectivity index (χ0) is 14.8. The topological polar surface area (TPSA) is 0 Å². The molecular weight excluding hydrogens is 369 g/mol. The monoisotopic (exact) mass is 378 g/mol. The summed E-state index contributed by atoms with van der Waals surface area (Å²) in [5.41, 5.74) is 1.21. The van der Waals surface area contributed by atoms with E-state index in [1.165, 1.54) is 0 Å². The molecule has 2 bridgehead atoms. The third kappa shape index (κ3) is 0.932. The minimum Gasteiger partial charge on any atom is -0.109 e. The van der Waals surface area contributed by atoms with Crippen LogP contribution in [0.25, 0.3) is 0 Å². The number of hydrogen-bond donors (Lipinski definition) is 0. The van der Waals surface area contributed by atoms with E-state index in [-0.39, 0.29) is 10.1 Å². The minimum absolute atomic E-state index is 0.266. The second kappa shape index (κ2) is 3.42. The quantitative estimate of drug-likeness (QED) is 0.347. The normalized spacial score (nSPS) is 54.6. The van der Waals surface area contributed by atoms with Crippen molar-refractivity contribution in [1.82, 2.24) is 0 Å². The van der Waals surface area contributed by atoms with Crippen molar-refractivity contribution in [2.24, 2.45) is 10.8 Å². The molecule has 0 aromatic heterocycles. The first-order valence-electron chi connectivity index (χ1n) is 5.88. The molecule has 0 nitrogen and oxygen atoms in total. The lowest BCUT2D eigenvalue weighted by Gasteiger charge is -2.62. The maximum absolute atomic E-state index is 6.85. The van der Waals surface area contributed by atoms with Crippen LogP contribution in [0.4, 0.5) is 0 Å². The van der Waals surface area contributed by atoms with Gasteiger partial charge in [-0.3, -0.25) is 0 Å². The van der Waals surface area contributed by atoms with Gasteiger partial charge in [-0.25, -0.2) is 0 Å². The van der Waals surface area contributed by atoms with Crippen LogP contribution in [-0.2, 0) is 0 Å². The van der Waals surface area contributed by atoms with Crippen LogP contribution in [0.5, 0.6) is 0 Å². The summed E-state index contributed by atoms with van der Waals surface area (Å²) >= 11 is 39.7. The Hall–Kier alpha value is 1.22. The van der Waals surface area contributed by atoms with Crippen LogP contribution in [0.3, 0.4) is 0 Å². The van der Waals surface area contributed by atoms with E-state index in [1.807, 2.05) is 27.7 Å². The maximum atomic E-state index is 6.85. The molecule has 0 aliphatic heterocycles. The van der Waals surface area contributed by atoms with Gasteiger partial charge in [0.2, 0.25) is 0 Å². The van der Waals surface area contributed by atoms with E-state index in [1.54, 1.807) is 0 Å². The first-order chi connectivity index (χ1) is 8.38. The number of halogens is 6. The lowest BCUT2D eigenvalue weighted by atomic mass is 9.44. The van der Waals surface area contributed by atoms with E-state index in [4.69, 9.17) is 69.6 Å². The van der Waals surface area contributed by atoms with Gasteiger partial charge in [0.1, 0.15) is 9.75 Å². The lowest BCUT2D eigenvalue weighted by Crippen LogP contribution is -2.61. The van der Waals surface area contributed by atoms with Gasteiger partial charge in [-0.05, 0) is 13.8 Å². The average molecular weight is 381 g/mol. The highest BCUT2D eigenvalue weighted by atomic mass is 35.5. The summed E-state index contributed by atoms with van der Waals surface area (Å²) in [6.07, 6.45) is 0. The zero-order valence-electron chi connectivity index (χ0n) is 10.8. The van der Waals surface area contributed by atoms with Gasteiger partial charge in [-0.1, -0.05) is 71.4 Å². The van der Waals surface area contributed by atoms with Crippen molar-refractivity contribution in [3.05, 3.63) is 21.2 Å². The third-order valence-electron chi connectivity index (χ3n) is 6.10. The molecule has 0 unspecified atom stereocenters. The summed E-state index contributed by atoms with van der Waals surface area (Å²) in [7, 11) is 0. The predicted molar refractivity (Wildman–Crippen MR) is 84.9 cm³/mol. The molecule has 1 saturated carbocycles. The van der Waals surface area contributed by atoms with E-state index >= 15 is 0 Å². The number of rotatable bonds is 0. The fourth-order valence-corrected chi connectivity index (χ4v) is 8.08. The largest absolute Gasteiger partial charge is 0.168 e. The summed E-state index contributed by atoms with van der Waals surface area (Å²) in [6.45, 7) is 8.06. The molecule has 0 amide bonds. The maximum Gasteiger partial charge on any atom is 0.168 e. The molecule has 0 spiro atoms. The van der Waals surface area contributed by atoms with E-state index < -0.39 is 24.9 Å². The minimum atomic E-state index is -1.47. The number of hydrogen-bond acceptors (Lipinski definition) is 0. The van der Waals surface area contributed by atoms with Crippen molar-refractivity contribution in [2.75, 3.05) is 0 Å². The highest BCUT2D eigenvalue weighted by molar-refractivity contribution is 6.66. The number of allylic oxidation sites excluding steroid dienone is 4. The number of alkyl halides is 4. The first kappa shape index (κ1) is 15.1. The van der Waals surface area contributed by atoms with Gasteiger partial charge in [0.05, 0.1) is 10.1 Å². The zero-order valence-corrected chi connectivity index (χ0v) is 15.3. The standard InChI is InChI=1S/C13H12Cl6/c1-5-6(2)10(4)9(5,3)11(16)7(14)8(15)12(10,17)13(11,18)19/h1-4H3/t9-,10+,11-,12-/m0/s1. The van der Waals surface area contributed by atoms with Crippen molar-refractivity contribution in [3.8, 4) is 0 Å². The van der Waals surface area contributed by atoms with Crippen LogP contribution < -0.4 is 0 Å². The van der Waals surface area contributed by atoms with Crippen LogP contribution in [-0.4, -0.2) is 14.1 Å². The van der Waals surface area contributed by atoms with Gasteiger partial charge in [-0.15, -0.1) is 23.2 Å². The lowest BCUT2D eigenvalue weighted by molar-refractivity contribution is 0.0987. The van der Waals surface area contributed by atoms with Crippen molar-refractivity contribution in [2.45, 2.75) is 41.8 Å². The molecule has 106 valence electrons. The molecule has 3 aliphatic carbocycles. The SMILES string of the molecule is CC1=C(C)[C@]2(C)[C@@]1(C)[C@@]1(Cl)C(Cl)=C(Cl)[C@@]2(Cl)C1(Cl)Cl. The Morgan fingerprint density at radius 3 is 1.21 bits per heavy atom. The second-order valence-electron chi connectivity index (χ2n) is 6.02. The van der Waals surface area contributed by atoms with Crippen LogP contribution in [0, 0.1) is 10.8 Å². The Labute approximate surface area is 143 Å². The van der Waals surface area contributed by atoms with E-state index in [9.17, 15) is 0 Å². The van der Waals surface area contributed by atoms with Gasteiger partial charge in [0.25, 0.3) is 0 Å². The molecular formula is C13H12Cl6. The fraction of sp³-hybridized carbons (Fsp3) is 0.692. The molecule has 3 aliphatic rings. The number of fused-ring (bicyclic) bond motifs is 5. The molecule has 1 fully saturated rings. The van der Waals surface area contributed by atoms with Crippen molar-refractivity contribution in [3.63, 3.8) is 0 Å². The van der Waals surface area contributed by atoms with Crippen LogP contribution in [0.15, 0.2) is 21.2 Å². The molecule has 0 N–H and O–H groups in total.